The summed E-state index contributed by atoms with van der Waals surface area (Å²) < 4.78 is 0. The van der Waals surface area contributed by atoms with Gasteiger partial charge in [-0.2, -0.15) is 5.26 Å². The second-order valence-electron chi connectivity index (χ2n) is 4.58. The third kappa shape index (κ3) is 3.28. The number of rotatable bonds is 3. The molecule has 1 saturated heterocycles. The van der Waals surface area contributed by atoms with Crippen LogP contribution in [0.1, 0.15) is 24.6 Å². The first-order valence-electron chi connectivity index (χ1n) is 6.02. The molecule has 0 aliphatic carbocycles. The molecule has 0 saturated carbocycles. The number of carbonyl (C=O) groups is 1. The molecule has 5 nitrogen and oxygen atoms in total. The number of hydrogen-bond acceptors (Lipinski definition) is 4. The van der Waals surface area contributed by atoms with E-state index in [0.717, 1.165) is 31.6 Å². The summed E-state index contributed by atoms with van der Waals surface area (Å²) in [4.78, 5) is 17.2. The highest BCUT2D eigenvalue weighted by Crippen LogP contribution is 2.13. The van der Waals surface area contributed by atoms with Gasteiger partial charge < -0.3 is 5.32 Å². The molecule has 0 radical (unpaired) electrons. The molecular formula is C13H16N4O. The molecule has 0 bridgehead atoms. The number of carbonyl (C=O) groups excluding carboxylic acids is 1. The van der Waals surface area contributed by atoms with Crippen molar-refractivity contribution in [3.05, 3.63) is 29.6 Å². The van der Waals surface area contributed by atoms with Crippen LogP contribution in [-0.4, -0.2) is 34.9 Å². The molecule has 1 aliphatic rings. The number of aromatic nitrogens is 1. The summed E-state index contributed by atoms with van der Waals surface area (Å²) in [5.41, 5.74) is 1.54. The van der Waals surface area contributed by atoms with E-state index in [1.807, 2.05) is 18.2 Å². The lowest BCUT2D eigenvalue weighted by atomic mass is 10.2. The normalized spacial score (nSPS) is 19.4. The molecule has 1 N–H and O–H groups in total. The van der Waals surface area contributed by atoms with Crippen LogP contribution < -0.4 is 5.32 Å². The molecule has 0 spiro atoms. The minimum atomic E-state index is 0.0255. The topological polar surface area (TPSA) is 69.0 Å². The predicted molar refractivity (Wildman–Crippen MR) is 66.5 cm³/mol. The molecule has 0 aromatic carbocycles. The van der Waals surface area contributed by atoms with Gasteiger partial charge in [-0.1, -0.05) is 0 Å². The Balaban J connectivity index is 1.91. The number of nitrogens with one attached hydrogen (secondary N) is 1. The minimum absolute atomic E-state index is 0.0255. The van der Waals surface area contributed by atoms with Gasteiger partial charge in [-0.3, -0.25) is 9.69 Å². The van der Waals surface area contributed by atoms with Crippen molar-refractivity contribution in [1.29, 1.82) is 5.26 Å². The fourth-order valence-corrected chi connectivity index (χ4v) is 2.27. The van der Waals surface area contributed by atoms with E-state index in [2.05, 4.69) is 15.2 Å². The maximum Gasteiger partial charge on any atom is 0.217 e. The van der Waals surface area contributed by atoms with E-state index >= 15 is 0 Å². The summed E-state index contributed by atoms with van der Waals surface area (Å²) in [6, 6.07) is 6.02. The van der Waals surface area contributed by atoms with Crippen LogP contribution in [0, 0.1) is 11.3 Å². The van der Waals surface area contributed by atoms with Gasteiger partial charge in [0.2, 0.25) is 5.91 Å². The maximum atomic E-state index is 11.0. The first-order chi connectivity index (χ1) is 8.67. The summed E-state index contributed by atoms with van der Waals surface area (Å²) in [6.07, 6.45) is 2.64. The summed E-state index contributed by atoms with van der Waals surface area (Å²) in [7, 11) is 0. The van der Waals surface area contributed by atoms with Crippen molar-refractivity contribution < 1.29 is 4.79 Å². The van der Waals surface area contributed by atoms with E-state index in [4.69, 9.17) is 5.26 Å². The number of pyridine rings is 1. The lowest BCUT2D eigenvalue weighted by Gasteiger charge is -2.16. The third-order valence-corrected chi connectivity index (χ3v) is 3.02. The first-order valence-corrected chi connectivity index (χ1v) is 6.02. The van der Waals surface area contributed by atoms with Crippen LogP contribution in [0.5, 0.6) is 0 Å². The molecular weight excluding hydrogens is 228 g/mol. The zero-order valence-electron chi connectivity index (χ0n) is 10.4. The van der Waals surface area contributed by atoms with Crippen LogP contribution in [0.25, 0.3) is 0 Å². The molecule has 1 aliphatic heterocycles. The average molecular weight is 244 g/mol. The summed E-state index contributed by atoms with van der Waals surface area (Å²) in [5.74, 6) is 0.0255. The van der Waals surface area contributed by atoms with Gasteiger partial charge in [-0.15, -0.1) is 0 Å². The monoisotopic (exact) mass is 244 g/mol. The molecule has 1 aromatic rings. The second-order valence-corrected chi connectivity index (χ2v) is 4.58. The standard InChI is InChI=1S/C13H16N4O/c1-10(18)16-12-3-5-17(9-12)8-11-2-4-15-13(6-11)7-14/h2,4,6,12H,3,5,8-9H2,1H3,(H,16,18). The van der Waals surface area contributed by atoms with Crippen molar-refractivity contribution in [3.63, 3.8) is 0 Å². The summed E-state index contributed by atoms with van der Waals surface area (Å²) in [6.45, 7) is 4.18. The molecule has 94 valence electrons. The molecule has 1 fully saturated rings. The predicted octanol–water partition coefficient (Wildman–Crippen LogP) is 0.664. The van der Waals surface area contributed by atoms with Gasteiger partial charge in [0.25, 0.3) is 0 Å². The smallest absolute Gasteiger partial charge is 0.217 e. The largest absolute Gasteiger partial charge is 0.352 e. The highest BCUT2D eigenvalue weighted by molar-refractivity contribution is 5.73. The van der Waals surface area contributed by atoms with Crippen LogP contribution in [0.3, 0.4) is 0 Å². The number of amides is 1. The molecule has 1 atom stereocenters. The zero-order valence-corrected chi connectivity index (χ0v) is 10.4. The number of nitrogens with zero attached hydrogens (tertiary/aromatic N) is 3. The van der Waals surface area contributed by atoms with Crippen molar-refractivity contribution in [1.82, 2.24) is 15.2 Å². The van der Waals surface area contributed by atoms with Gasteiger partial charge in [0, 0.05) is 38.8 Å². The molecule has 18 heavy (non-hydrogen) atoms. The fourth-order valence-electron chi connectivity index (χ4n) is 2.27. The van der Waals surface area contributed by atoms with E-state index in [9.17, 15) is 4.79 Å². The highest BCUT2D eigenvalue weighted by atomic mass is 16.1. The number of likely N-dealkylation sites (tertiary alicyclic amines) is 1. The third-order valence-electron chi connectivity index (χ3n) is 3.02. The Morgan fingerprint density at radius 1 is 1.72 bits per heavy atom. The van der Waals surface area contributed by atoms with Crippen molar-refractivity contribution >= 4 is 5.91 Å². The van der Waals surface area contributed by atoms with Gasteiger partial charge >= 0.3 is 0 Å². The Kier molecular flexibility index (Phi) is 3.90. The lowest BCUT2D eigenvalue weighted by molar-refractivity contribution is -0.119. The fraction of sp³-hybridized carbons (Fsp3) is 0.462. The number of hydrogen-bond donors (Lipinski definition) is 1. The van der Waals surface area contributed by atoms with Gasteiger partial charge in [-0.25, -0.2) is 4.98 Å². The highest BCUT2D eigenvalue weighted by Gasteiger charge is 2.22. The number of nitriles is 1. The summed E-state index contributed by atoms with van der Waals surface area (Å²) in [5, 5.41) is 11.7. The Morgan fingerprint density at radius 2 is 2.56 bits per heavy atom. The van der Waals surface area contributed by atoms with Gasteiger partial charge in [0.15, 0.2) is 0 Å². The van der Waals surface area contributed by atoms with Crippen LogP contribution in [0.4, 0.5) is 0 Å². The van der Waals surface area contributed by atoms with E-state index < -0.39 is 0 Å². The molecule has 2 rings (SSSR count). The summed E-state index contributed by atoms with van der Waals surface area (Å²) >= 11 is 0. The van der Waals surface area contributed by atoms with Gasteiger partial charge in [-0.05, 0) is 24.1 Å². The lowest BCUT2D eigenvalue weighted by Crippen LogP contribution is -2.35. The first kappa shape index (κ1) is 12.5. The molecule has 5 heteroatoms. The molecule has 1 unspecified atom stereocenters. The van der Waals surface area contributed by atoms with E-state index in [-0.39, 0.29) is 11.9 Å². The Labute approximate surface area is 106 Å². The van der Waals surface area contributed by atoms with Gasteiger partial charge in [0.1, 0.15) is 11.8 Å². The Bertz CT molecular complexity index is 480. The zero-order chi connectivity index (χ0) is 13.0. The van der Waals surface area contributed by atoms with Crippen molar-refractivity contribution in [2.24, 2.45) is 0 Å². The maximum absolute atomic E-state index is 11.0. The van der Waals surface area contributed by atoms with Crippen LogP contribution in [0.2, 0.25) is 0 Å². The molecule has 2 heterocycles. The van der Waals surface area contributed by atoms with Crippen molar-refractivity contribution in [3.8, 4) is 6.07 Å². The second kappa shape index (κ2) is 5.61. The van der Waals surface area contributed by atoms with Crippen molar-refractivity contribution in [2.75, 3.05) is 13.1 Å². The Hall–Kier alpha value is -1.93. The van der Waals surface area contributed by atoms with Crippen LogP contribution in [0.15, 0.2) is 18.3 Å². The van der Waals surface area contributed by atoms with Gasteiger partial charge in [0.05, 0.1) is 0 Å². The average Bonchev–Trinajstić information content (AvgIpc) is 2.76. The van der Waals surface area contributed by atoms with E-state index in [1.165, 1.54) is 0 Å². The molecule has 1 aromatic heterocycles. The van der Waals surface area contributed by atoms with Crippen LogP contribution >= 0.6 is 0 Å². The van der Waals surface area contributed by atoms with Crippen LogP contribution in [-0.2, 0) is 11.3 Å². The van der Waals surface area contributed by atoms with E-state index in [1.54, 1.807) is 13.1 Å². The minimum Gasteiger partial charge on any atom is -0.352 e. The molecule has 1 amide bonds. The van der Waals surface area contributed by atoms with Crippen molar-refractivity contribution in [2.45, 2.75) is 25.9 Å². The Morgan fingerprint density at radius 3 is 3.28 bits per heavy atom. The quantitative estimate of drug-likeness (QED) is 0.848. The van der Waals surface area contributed by atoms with E-state index in [0.29, 0.717) is 5.69 Å². The SMILES string of the molecule is CC(=O)NC1CCN(Cc2ccnc(C#N)c2)C1.